The number of benzene rings is 1. The fraction of sp³-hybridized carbons (Fsp3) is 0.273. The van der Waals surface area contributed by atoms with Crippen LogP contribution in [0.3, 0.4) is 0 Å². The van der Waals surface area contributed by atoms with Crippen molar-refractivity contribution < 1.29 is 22.8 Å². The number of carbonyl (C=O) groups excluding carboxylic acids is 2. The molecule has 0 aliphatic heterocycles. The Balaban J connectivity index is 2.24. The van der Waals surface area contributed by atoms with Crippen LogP contribution in [0, 0.1) is 0 Å². The lowest BCUT2D eigenvalue weighted by atomic mass is 10.1. The predicted octanol–water partition coefficient (Wildman–Crippen LogP) is 1.67. The number of hydrogen-bond acceptors (Lipinski definition) is 4. The molecule has 0 fully saturated rings. The van der Waals surface area contributed by atoms with Gasteiger partial charge in [0.25, 0.3) is 0 Å². The number of carbonyl (C=O) groups is 2. The zero-order chi connectivity index (χ0) is 14.2. The molecule has 5 nitrogen and oxygen atoms in total. The van der Waals surface area contributed by atoms with E-state index in [2.05, 4.69) is 10.2 Å². The smallest absolute Gasteiger partial charge is 0.294 e. The summed E-state index contributed by atoms with van der Waals surface area (Å²) in [5.41, 5.74) is 0.902. The number of aryl methyl sites for hydroxylation is 1. The first-order valence-electron chi connectivity index (χ1n) is 5.21. The standard InChI is InChI=1S/C11H8F3N3O2/c1-17-15-7-3-2-6(4-8(7)16-17)9(18)5-10(19)11(12,13)14/h2-4H,5H2,1H3. The van der Waals surface area contributed by atoms with E-state index >= 15 is 0 Å². The van der Waals surface area contributed by atoms with Gasteiger partial charge in [0.2, 0.25) is 5.78 Å². The number of halogens is 3. The van der Waals surface area contributed by atoms with Crippen LogP contribution in [0.15, 0.2) is 18.2 Å². The second-order valence-electron chi connectivity index (χ2n) is 3.91. The van der Waals surface area contributed by atoms with E-state index in [1.54, 1.807) is 7.05 Å². The van der Waals surface area contributed by atoms with E-state index in [1.165, 1.54) is 23.0 Å². The summed E-state index contributed by atoms with van der Waals surface area (Å²) in [6, 6.07) is 4.10. The molecule has 0 amide bonds. The van der Waals surface area contributed by atoms with Gasteiger partial charge in [-0.1, -0.05) is 0 Å². The molecule has 1 aromatic heterocycles. The number of alkyl halides is 3. The fourth-order valence-electron chi connectivity index (χ4n) is 1.54. The molecular formula is C11H8F3N3O2. The van der Waals surface area contributed by atoms with Gasteiger partial charge in [-0.15, -0.1) is 0 Å². The maximum Gasteiger partial charge on any atom is 0.450 e. The van der Waals surface area contributed by atoms with Crippen molar-refractivity contribution in [1.29, 1.82) is 0 Å². The highest BCUT2D eigenvalue weighted by molar-refractivity contribution is 6.10. The van der Waals surface area contributed by atoms with E-state index in [4.69, 9.17) is 0 Å². The fourth-order valence-corrected chi connectivity index (χ4v) is 1.54. The summed E-state index contributed by atoms with van der Waals surface area (Å²) in [4.78, 5) is 23.6. The van der Waals surface area contributed by atoms with Crippen LogP contribution < -0.4 is 0 Å². The number of Topliss-reactive ketones (excluding diaryl/α,β-unsaturated/α-hetero) is 2. The minimum Gasteiger partial charge on any atom is -0.294 e. The van der Waals surface area contributed by atoms with Crippen molar-refractivity contribution in [1.82, 2.24) is 15.0 Å². The van der Waals surface area contributed by atoms with Crippen molar-refractivity contribution in [3.8, 4) is 0 Å². The predicted molar refractivity (Wildman–Crippen MR) is 58.5 cm³/mol. The molecular weight excluding hydrogens is 263 g/mol. The third-order valence-electron chi connectivity index (χ3n) is 2.44. The van der Waals surface area contributed by atoms with Crippen LogP contribution in [0.1, 0.15) is 16.8 Å². The van der Waals surface area contributed by atoms with Gasteiger partial charge in [0.05, 0.1) is 6.42 Å². The molecule has 0 saturated heterocycles. The summed E-state index contributed by atoms with van der Waals surface area (Å²) in [6.45, 7) is 0. The summed E-state index contributed by atoms with van der Waals surface area (Å²) < 4.78 is 36.2. The van der Waals surface area contributed by atoms with Crippen molar-refractivity contribution in [3.05, 3.63) is 23.8 Å². The SMILES string of the molecule is Cn1nc2ccc(C(=O)CC(=O)C(F)(F)F)cc2n1. The summed E-state index contributed by atoms with van der Waals surface area (Å²) in [7, 11) is 1.58. The molecule has 0 N–H and O–H groups in total. The molecule has 1 aromatic carbocycles. The van der Waals surface area contributed by atoms with E-state index in [-0.39, 0.29) is 5.56 Å². The van der Waals surface area contributed by atoms with Crippen LogP contribution in [0.4, 0.5) is 13.2 Å². The van der Waals surface area contributed by atoms with Crippen LogP contribution in [-0.4, -0.2) is 32.7 Å². The van der Waals surface area contributed by atoms with Gasteiger partial charge < -0.3 is 0 Å². The summed E-state index contributed by atoms with van der Waals surface area (Å²) in [5.74, 6) is -2.95. The molecule has 0 atom stereocenters. The Morgan fingerprint density at radius 2 is 1.84 bits per heavy atom. The largest absolute Gasteiger partial charge is 0.450 e. The third-order valence-corrected chi connectivity index (χ3v) is 2.44. The van der Waals surface area contributed by atoms with Crippen LogP contribution >= 0.6 is 0 Å². The lowest BCUT2D eigenvalue weighted by Gasteiger charge is -2.04. The van der Waals surface area contributed by atoms with Crippen LogP contribution in [-0.2, 0) is 11.8 Å². The highest BCUT2D eigenvalue weighted by Crippen LogP contribution is 2.20. The number of aromatic nitrogens is 3. The van der Waals surface area contributed by atoms with E-state index in [0.29, 0.717) is 11.0 Å². The zero-order valence-corrected chi connectivity index (χ0v) is 9.73. The number of ketones is 2. The average molecular weight is 271 g/mol. The molecule has 0 saturated carbocycles. The normalized spacial score (nSPS) is 11.8. The highest BCUT2D eigenvalue weighted by atomic mass is 19.4. The van der Waals surface area contributed by atoms with Gasteiger partial charge in [0.1, 0.15) is 11.0 Å². The first kappa shape index (κ1) is 13.2. The van der Waals surface area contributed by atoms with E-state index in [0.717, 1.165) is 0 Å². The van der Waals surface area contributed by atoms with Gasteiger partial charge in [-0.05, 0) is 18.2 Å². The minimum absolute atomic E-state index is 0.00519. The first-order valence-corrected chi connectivity index (χ1v) is 5.21. The third kappa shape index (κ3) is 2.78. The molecule has 0 bridgehead atoms. The van der Waals surface area contributed by atoms with Crippen LogP contribution in [0.2, 0.25) is 0 Å². The molecule has 0 spiro atoms. The van der Waals surface area contributed by atoms with Gasteiger partial charge in [-0.3, -0.25) is 9.59 Å². The molecule has 2 aromatic rings. The Morgan fingerprint density at radius 1 is 1.21 bits per heavy atom. The first-order chi connectivity index (χ1) is 8.77. The summed E-state index contributed by atoms with van der Waals surface area (Å²) >= 11 is 0. The van der Waals surface area contributed by atoms with E-state index in [1.807, 2.05) is 0 Å². The zero-order valence-electron chi connectivity index (χ0n) is 9.73. The van der Waals surface area contributed by atoms with Gasteiger partial charge >= 0.3 is 6.18 Å². The topological polar surface area (TPSA) is 64.8 Å². The Kier molecular flexibility index (Phi) is 3.09. The number of fused-ring (bicyclic) bond motifs is 1. The summed E-state index contributed by atoms with van der Waals surface area (Å²) in [5, 5.41) is 7.89. The lowest BCUT2D eigenvalue weighted by Crippen LogP contribution is -2.25. The Labute approximate surface area is 105 Å². The number of hydrogen-bond donors (Lipinski definition) is 0. The molecule has 19 heavy (non-hydrogen) atoms. The average Bonchev–Trinajstić information content (AvgIpc) is 2.66. The van der Waals surface area contributed by atoms with Crippen molar-refractivity contribution in [2.75, 3.05) is 0 Å². The molecule has 0 aliphatic rings. The molecule has 2 rings (SSSR count). The van der Waals surface area contributed by atoms with Crippen LogP contribution in [0.25, 0.3) is 11.0 Å². The number of rotatable bonds is 3. The molecule has 1 heterocycles. The quantitative estimate of drug-likeness (QED) is 0.629. The minimum atomic E-state index is -4.99. The molecule has 0 radical (unpaired) electrons. The second-order valence-corrected chi connectivity index (χ2v) is 3.91. The van der Waals surface area contributed by atoms with Crippen molar-refractivity contribution in [3.63, 3.8) is 0 Å². The monoisotopic (exact) mass is 271 g/mol. The van der Waals surface area contributed by atoms with Gasteiger partial charge in [-0.25, -0.2) is 0 Å². The maximum atomic E-state index is 12.1. The van der Waals surface area contributed by atoms with E-state index < -0.39 is 24.2 Å². The Morgan fingerprint density at radius 3 is 2.47 bits per heavy atom. The van der Waals surface area contributed by atoms with Gasteiger partial charge in [0, 0.05) is 12.6 Å². The van der Waals surface area contributed by atoms with Crippen molar-refractivity contribution >= 4 is 22.6 Å². The molecule has 0 unspecified atom stereocenters. The summed E-state index contributed by atoms with van der Waals surface area (Å²) in [6.07, 6.45) is -6.19. The van der Waals surface area contributed by atoms with E-state index in [9.17, 15) is 22.8 Å². The second kappa shape index (κ2) is 4.45. The molecule has 0 aliphatic carbocycles. The Hall–Kier alpha value is -2.25. The van der Waals surface area contributed by atoms with Crippen LogP contribution in [0.5, 0.6) is 0 Å². The number of nitrogens with zero attached hydrogens (tertiary/aromatic N) is 3. The molecule has 8 heteroatoms. The van der Waals surface area contributed by atoms with Crippen molar-refractivity contribution in [2.24, 2.45) is 7.05 Å². The van der Waals surface area contributed by atoms with Gasteiger partial charge in [0.15, 0.2) is 5.78 Å². The maximum absolute atomic E-state index is 12.1. The molecule has 100 valence electrons. The Bertz CT molecular complexity index is 661. The highest BCUT2D eigenvalue weighted by Gasteiger charge is 2.39. The lowest BCUT2D eigenvalue weighted by molar-refractivity contribution is -0.170. The van der Waals surface area contributed by atoms with Crippen molar-refractivity contribution in [2.45, 2.75) is 12.6 Å². The van der Waals surface area contributed by atoms with Gasteiger partial charge in [-0.2, -0.15) is 28.2 Å².